The van der Waals surface area contributed by atoms with E-state index in [4.69, 9.17) is 0 Å². The minimum atomic E-state index is 0.284. The largest absolute Gasteiger partial charge is 0.508 e. The molecule has 104 valence electrons. The maximum Gasteiger partial charge on any atom is 0.115 e. The van der Waals surface area contributed by atoms with E-state index in [0.29, 0.717) is 5.75 Å². The SMILES string of the molecule is Cc1cc(NC2CCCc3ccc(O)cc32)ccc1Br. The first kappa shape index (κ1) is 13.5. The van der Waals surface area contributed by atoms with E-state index in [1.165, 1.54) is 23.1 Å². The van der Waals surface area contributed by atoms with Crippen LogP contribution in [-0.2, 0) is 6.42 Å². The number of halogens is 1. The van der Waals surface area contributed by atoms with Gasteiger partial charge in [0.1, 0.15) is 5.75 Å². The summed E-state index contributed by atoms with van der Waals surface area (Å²) in [5, 5.41) is 13.3. The van der Waals surface area contributed by atoms with Gasteiger partial charge >= 0.3 is 0 Å². The normalized spacial score (nSPS) is 17.6. The molecule has 0 aliphatic heterocycles. The quantitative estimate of drug-likeness (QED) is 0.815. The molecular formula is C17H18BrNO. The van der Waals surface area contributed by atoms with Crippen molar-refractivity contribution >= 4 is 21.6 Å². The Morgan fingerprint density at radius 2 is 2.05 bits per heavy atom. The van der Waals surface area contributed by atoms with Gasteiger partial charge in [-0.15, -0.1) is 0 Å². The topological polar surface area (TPSA) is 32.3 Å². The van der Waals surface area contributed by atoms with Crippen LogP contribution in [0.1, 0.15) is 35.6 Å². The molecule has 2 aromatic carbocycles. The number of hydrogen-bond acceptors (Lipinski definition) is 2. The van der Waals surface area contributed by atoms with Crippen molar-refractivity contribution in [2.24, 2.45) is 0 Å². The van der Waals surface area contributed by atoms with Gasteiger partial charge in [-0.3, -0.25) is 0 Å². The fraction of sp³-hybridized carbons (Fsp3) is 0.294. The molecule has 0 saturated heterocycles. The van der Waals surface area contributed by atoms with Gasteiger partial charge in [0.15, 0.2) is 0 Å². The van der Waals surface area contributed by atoms with Crippen molar-refractivity contribution in [2.45, 2.75) is 32.2 Å². The predicted molar refractivity (Wildman–Crippen MR) is 86.3 cm³/mol. The lowest BCUT2D eigenvalue weighted by atomic mass is 9.87. The third-order valence-corrected chi connectivity index (χ3v) is 4.83. The van der Waals surface area contributed by atoms with Crippen LogP contribution in [0.15, 0.2) is 40.9 Å². The average Bonchev–Trinajstić information content (AvgIpc) is 2.44. The molecule has 20 heavy (non-hydrogen) atoms. The van der Waals surface area contributed by atoms with Crippen molar-refractivity contribution in [1.82, 2.24) is 0 Å². The molecular weight excluding hydrogens is 314 g/mol. The van der Waals surface area contributed by atoms with Crippen molar-refractivity contribution in [3.63, 3.8) is 0 Å². The van der Waals surface area contributed by atoms with Gasteiger partial charge in [-0.2, -0.15) is 0 Å². The number of fused-ring (bicyclic) bond motifs is 1. The van der Waals surface area contributed by atoms with Crippen molar-refractivity contribution in [3.8, 4) is 5.75 Å². The third-order valence-electron chi connectivity index (χ3n) is 3.94. The molecule has 2 aromatic rings. The number of aromatic hydroxyl groups is 1. The highest BCUT2D eigenvalue weighted by Gasteiger charge is 2.20. The standard InChI is InChI=1S/C17H18BrNO/c1-11-9-13(6-8-16(11)18)19-17-4-2-3-12-5-7-14(20)10-15(12)17/h5-10,17,19-20H,2-4H2,1H3. The minimum Gasteiger partial charge on any atom is -0.508 e. The fourth-order valence-corrected chi connectivity index (χ4v) is 3.12. The summed E-state index contributed by atoms with van der Waals surface area (Å²) in [6.45, 7) is 2.09. The van der Waals surface area contributed by atoms with Crippen LogP contribution in [0.5, 0.6) is 5.75 Å². The number of hydrogen-bond donors (Lipinski definition) is 2. The minimum absolute atomic E-state index is 0.284. The van der Waals surface area contributed by atoms with Crippen LogP contribution in [0.3, 0.4) is 0 Å². The van der Waals surface area contributed by atoms with Gasteiger partial charge in [0.25, 0.3) is 0 Å². The van der Waals surface area contributed by atoms with Gasteiger partial charge in [-0.1, -0.05) is 22.0 Å². The summed E-state index contributed by atoms with van der Waals surface area (Å²) in [6, 6.07) is 12.3. The molecule has 2 nitrogen and oxygen atoms in total. The zero-order valence-corrected chi connectivity index (χ0v) is 13.1. The molecule has 0 aromatic heterocycles. The molecule has 0 spiro atoms. The molecule has 1 atom stereocenters. The zero-order chi connectivity index (χ0) is 14.1. The first-order valence-corrected chi connectivity index (χ1v) is 7.77. The Balaban J connectivity index is 1.89. The zero-order valence-electron chi connectivity index (χ0n) is 11.5. The number of nitrogens with one attached hydrogen (secondary N) is 1. The van der Waals surface area contributed by atoms with Gasteiger partial charge in [0, 0.05) is 10.2 Å². The van der Waals surface area contributed by atoms with E-state index in [2.05, 4.69) is 46.4 Å². The summed E-state index contributed by atoms with van der Waals surface area (Å²) in [7, 11) is 0. The monoisotopic (exact) mass is 331 g/mol. The lowest BCUT2D eigenvalue weighted by molar-refractivity contribution is 0.471. The van der Waals surface area contributed by atoms with Crippen LogP contribution in [0.25, 0.3) is 0 Å². The second-order valence-electron chi connectivity index (χ2n) is 5.44. The molecule has 1 unspecified atom stereocenters. The van der Waals surface area contributed by atoms with E-state index >= 15 is 0 Å². The number of phenolic OH excluding ortho intramolecular Hbond substituents is 1. The number of benzene rings is 2. The number of rotatable bonds is 2. The molecule has 0 amide bonds. The Morgan fingerprint density at radius 1 is 1.20 bits per heavy atom. The van der Waals surface area contributed by atoms with E-state index < -0.39 is 0 Å². The Hall–Kier alpha value is -1.48. The maximum atomic E-state index is 9.72. The van der Waals surface area contributed by atoms with Crippen molar-refractivity contribution in [2.75, 3.05) is 5.32 Å². The van der Waals surface area contributed by atoms with Crippen LogP contribution >= 0.6 is 15.9 Å². The average molecular weight is 332 g/mol. The van der Waals surface area contributed by atoms with Gasteiger partial charge in [0.05, 0.1) is 6.04 Å². The fourth-order valence-electron chi connectivity index (χ4n) is 2.87. The maximum absolute atomic E-state index is 9.72. The Kier molecular flexibility index (Phi) is 3.70. The smallest absolute Gasteiger partial charge is 0.115 e. The van der Waals surface area contributed by atoms with Crippen LogP contribution in [0.4, 0.5) is 5.69 Å². The van der Waals surface area contributed by atoms with Gasteiger partial charge in [0.2, 0.25) is 0 Å². The predicted octanol–water partition coefficient (Wildman–Crippen LogP) is 4.95. The summed E-state index contributed by atoms with van der Waals surface area (Å²) in [6.07, 6.45) is 3.39. The summed E-state index contributed by atoms with van der Waals surface area (Å²) in [5.41, 5.74) is 4.94. The molecule has 3 rings (SSSR count). The lowest BCUT2D eigenvalue weighted by Gasteiger charge is -2.27. The van der Waals surface area contributed by atoms with Gasteiger partial charge < -0.3 is 10.4 Å². The van der Waals surface area contributed by atoms with E-state index in [9.17, 15) is 5.11 Å². The number of phenols is 1. The van der Waals surface area contributed by atoms with Crippen LogP contribution in [0, 0.1) is 6.92 Å². The van der Waals surface area contributed by atoms with Crippen molar-refractivity contribution in [3.05, 3.63) is 57.6 Å². The van der Waals surface area contributed by atoms with Crippen molar-refractivity contribution in [1.29, 1.82) is 0 Å². The first-order valence-electron chi connectivity index (χ1n) is 6.98. The van der Waals surface area contributed by atoms with Crippen LogP contribution < -0.4 is 5.32 Å². The van der Waals surface area contributed by atoms with E-state index in [-0.39, 0.29) is 6.04 Å². The molecule has 0 fully saturated rings. The molecule has 1 aliphatic carbocycles. The molecule has 0 bridgehead atoms. The molecule has 1 aliphatic rings. The third kappa shape index (κ3) is 2.68. The van der Waals surface area contributed by atoms with Gasteiger partial charge in [-0.05, 0) is 73.2 Å². The Labute approximate surface area is 128 Å². The number of anilines is 1. The van der Waals surface area contributed by atoms with Crippen LogP contribution in [0.2, 0.25) is 0 Å². The summed E-state index contributed by atoms with van der Waals surface area (Å²) in [4.78, 5) is 0. The van der Waals surface area contributed by atoms with E-state index in [1.54, 1.807) is 6.07 Å². The first-order chi connectivity index (χ1) is 9.63. The molecule has 0 heterocycles. The second kappa shape index (κ2) is 5.49. The molecule has 0 radical (unpaired) electrons. The van der Waals surface area contributed by atoms with Gasteiger partial charge in [-0.25, -0.2) is 0 Å². The second-order valence-corrected chi connectivity index (χ2v) is 6.29. The molecule has 3 heteroatoms. The van der Waals surface area contributed by atoms with E-state index in [1.807, 2.05) is 12.1 Å². The molecule has 2 N–H and O–H groups in total. The highest BCUT2D eigenvalue weighted by molar-refractivity contribution is 9.10. The lowest BCUT2D eigenvalue weighted by Crippen LogP contribution is -2.17. The summed E-state index contributed by atoms with van der Waals surface area (Å²) >= 11 is 3.53. The van der Waals surface area contributed by atoms with Crippen molar-refractivity contribution < 1.29 is 5.11 Å². The molecule has 0 saturated carbocycles. The highest BCUT2D eigenvalue weighted by atomic mass is 79.9. The summed E-state index contributed by atoms with van der Waals surface area (Å²) in [5.74, 6) is 0.351. The van der Waals surface area contributed by atoms with Crippen LogP contribution in [-0.4, -0.2) is 5.11 Å². The summed E-state index contributed by atoms with van der Waals surface area (Å²) < 4.78 is 1.13. The Bertz CT molecular complexity index is 639. The Morgan fingerprint density at radius 3 is 2.85 bits per heavy atom. The highest BCUT2D eigenvalue weighted by Crippen LogP contribution is 2.35. The van der Waals surface area contributed by atoms with E-state index in [0.717, 1.165) is 23.0 Å². The number of aryl methyl sites for hydroxylation is 2.